The van der Waals surface area contributed by atoms with Gasteiger partial charge < -0.3 is 13.9 Å². The van der Waals surface area contributed by atoms with Gasteiger partial charge in [0.1, 0.15) is 5.76 Å². The normalized spacial score (nSPS) is 23.3. The molecule has 1 saturated heterocycles. The molecule has 5 nitrogen and oxygen atoms in total. The van der Waals surface area contributed by atoms with Crippen LogP contribution in [0.4, 0.5) is 0 Å². The Labute approximate surface area is 173 Å². The number of hydrogen-bond acceptors (Lipinski definition) is 5. The zero-order chi connectivity index (χ0) is 20.2. The second-order valence-corrected chi connectivity index (χ2v) is 8.04. The number of fused-ring (bicyclic) bond motifs is 1. The van der Waals surface area contributed by atoms with Crippen molar-refractivity contribution in [3.63, 3.8) is 0 Å². The van der Waals surface area contributed by atoms with Crippen LogP contribution in [-0.4, -0.2) is 56.2 Å². The van der Waals surface area contributed by atoms with Gasteiger partial charge in [-0.3, -0.25) is 9.80 Å². The Hall–Kier alpha value is -2.24. The monoisotopic (exact) mass is 396 g/mol. The zero-order valence-electron chi connectivity index (χ0n) is 17.8. The van der Waals surface area contributed by atoms with Crippen molar-refractivity contribution < 1.29 is 13.9 Å². The first-order valence-electron chi connectivity index (χ1n) is 10.6. The maximum Gasteiger partial charge on any atom is 0.161 e. The number of hydrogen-bond donors (Lipinski definition) is 0. The lowest BCUT2D eigenvalue weighted by Gasteiger charge is -2.45. The van der Waals surface area contributed by atoms with Gasteiger partial charge in [0.25, 0.3) is 0 Å². The number of piperidine rings is 1. The highest BCUT2D eigenvalue weighted by Gasteiger charge is 2.32. The topological polar surface area (TPSA) is 38.1 Å². The van der Waals surface area contributed by atoms with Crippen molar-refractivity contribution >= 4 is 6.08 Å². The molecule has 0 N–H and O–H groups in total. The highest BCUT2D eigenvalue weighted by atomic mass is 16.5. The van der Waals surface area contributed by atoms with Gasteiger partial charge in [0.05, 0.1) is 20.5 Å². The Bertz CT molecular complexity index is 831. The highest BCUT2D eigenvalue weighted by Crippen LogP contribution is 2.39. The van der Waals surface area contributed by atoms with Crippen molar-refractivity contribution in [2.45, 2.75) is 38.3 Å². The van der Waals surface area contributed by atoms with Crippen LogP contribution >= 0.6 is 0 Å². The zero-order valence-corrected chi connectivity index (χ0v) is 17.8. The van der Waals surface area contributed by atoms with E-state index < -0.39 is 0 Å². The Morgan fingerprint density at radius 3 is 2.76 bits per heavy atom. The molecule has 2 aliphatic heterocycles. The van der Waals surface area contributed by atoms with Crippen molar-refractivity contribution in [3.05, 3.63) is 53.5 Å². The fourth-order valence-electron chi connectivity index (χ4n) is 4.83. The average molecular weight is 397 g/mol. The summed E-state index contributed by atoms with van der Waals surface area (Å²) in [6.07, 6.45) is 9.59. The summed E-state index contributed by atoms with van der Waals surface area (Å²) in [6.45, 7) is 6.70. The van der Waals surface area contributed by atoms with E-state index in [2.05, 4.69) is 41.0 Å². The molecule has 29 heavy (non-hydrogen) atoms. The fourth-order valence-corrected chi connectivity index (χ4v) is 4.83. The van der Waals surface area contributed by atoms with Crippen molar-refractivity contribution in [2.24, 2.45) is 0 Å². The highest BCUT2D eigenvalue weighted by molar-refractivity contribution is 5.49. The van der Waals surface area contributed by atoms with Crippen LogP contribution in [0.5, 0.6) is 11.5 Å². The molecule has 2 aromatic rings. The van der Waals surface area contributed by atoms with Gasteiger partial charge in [0.15, 0.2) is 11.5 Å². The third-order valence-electron chi connectivity index (χ3n) is 6.37. The Balaban J connectivity index is 1.43. The Morgan fingerprint density at radius 2 is 2.00 bits per heavy atom. The number of ether oxygens (including phenoxy) is 2. The molecular weight excluding hydrogens is 364 g/mol. The summed E-state index contributed by atoms with van der Waals surface area (Å²) in [7, 11) is 3.42. The predicted molar refractivity (Wildman–Crippen MR) is 116 cm³/mol. The van der Waals surface area contributed by atoms with E-state index in [-0.39, 0.29) is 0 Å². The molecule has 2 unspecified atom stereocenters. The van der Waals surface area contributed by atoms with E-state index in [0.717, 1.165) is 43.3 Å². The van der Waals surface area contributed by atoms with Crippen molar-refractivity contribution in [2.75, 3.05) is 40.4 Å². The van der Waals surface area contributed by atoms with Crippen LogP contribution in [0.15, 0.2) is 41.0 Å². The van der Waals surface area contributed by atoms with E-state index in [4.69, 9.17) is 13.9 Å². The summed E-state index contributed by atoms with van der Waals surface area (Å²) >= 11 is 0. The van der Waals surface area contributed by atoms with Gasteiger partial charge in [-0.05, 0) is 74.2 Å². The molecule has 0 bridgehead atoms. The van der Waals surface area contributed by atoms with E-state index in [0.29, 0.717) is 12.1 Å². The van der Waals surface area contributed by atoms with E-state index in [1.807, 2.05) is 12.1 Å². The minimum absolute atomic E-state index is 0.391. The Morgan fingerprint density at radius 1 is 1.17 bits per heavy atom. The third kappa shape index (κ3) is 4.36. The molecule has 1 aromatic heterocycles. The first-order valence-corrected chi connectivity index (χ1v) is 10.6. The summed E-state index contributed by atoms with van der Waals surface area (Å²) in [5, 5.41) is 0. The summed E-state index contributed by atoms with van der Waals surface area (Å²) in [4.78, 5) is 5.25. The molecule has 1 fully saturated rings. The number of likely N-dealkylation sites (tertiary alicyclic amines) is 1. The minimum Gasteiger partial charge on any atom is -0.493 e. The molecule has 0 amide bonds. The molecule has 0 aliphatic carbocycles. The molecule has 156 valence electrons. The van der Waals surface area contributed by atoms with Crippen LogP contribution in [0.1, 0.15) is 42.7 Å². The molecule has 0 radical (unpaired) electrons. The lowest BCUT2D eigenvalue weighted by atomic mass is 9.90. The van der Waals surface area contributed by atoms with Crippen molar-refractivity contribution in [3.8, 4) is 11.5 Å². The number of rotatable bonds is 6. The number of benzene rings is 1. The predicted octanol–water partition coefficient (Wildman–Crippen LogP) is 4.39. The summed E-state index contributed by atoms with van der Waals surface area (Å²) < 4.78 is 16.4. The maximum atomic E-state index is 5.56. The minimum atomic E-state index is 0.391. The molecule has 1 aromatic carbocycles. The second kappa shape index (κ2) is 9.06. The molecule has 0 saturated carbocycles. The molecular formula is C24H32N2O3. The van der Waals surface area contributed by atoms with E-state index >= 15 is 0 Å². The molecule has 5 heteroatoms. The first-order chi connectivity index (χ1) is 14.2. The van der Waals surface area contributed by atoms with Crippen LogP contribution in [0.25, 0.3) is 6.08 Å². The van der Waals surface area contributed by atoms with E-state index in [9.17, 15) is 0 Å². The number of methoxy groups -OCH3 is 2. The van der Waals surface area contributed by atoms with Gasteiger partial charge in [-0.2, -0.15) is 0 Å². The van der Waals surface area contributed by atoms with Gasteiger partial charge in [-0.25, -0.2) is 0 Å². The van der Waals surface area contributed by atoms with Crippen LogP contribution < -0.4 is 9.47 Å². The van der Waals surface area contributed by atoms with Crippen molar-refractivity contribution in [1.82, 2.24) is 9.80 Å². The van der Waals surface area contributed by atoms with E-state index in [1.54, 1.807) is 20.5 Å². The lowest BCUT2D eigenvalue weighted by Crippen LogP contribution is -2.50. The maximum absolute atomic E-state index is 5.56. The van der Waals surface area contributed by atoms with Gasteiger partial charge in [-0.15, -0.1) is 0 Å². The van der Waals surface area contributed by atoms with Crippen LogP contribution in [-0.2, 0) is 6.42 Å². The summed E-state index contributed by atoms with van der Waals surface area (Å²) in [5.41, 5.74) is 2.77. The lowest BCUT2D eigenvalue weighted by molar-refractivity contribution is 0.0685. The summed E-state index contributed by atoms with van der Waals surface area (Å²) in [6, 6.07) is 9.24. The van der Waals surface area contributed by atoms with Crippen LogP contribution in [0.2, 0.25) is 0 Å². The number of furan rings is 1. The molecule has 2 aliphatic rings. The second-order valence-electron chi connectivity index (χ2n) is 8.04. The van der Waals surface area contributed by atoms with Gasteiger partial charge >= 0.3 is 0 Å². The van der Waals surface area contributed by atoms with Gasteiger partial charge in [0, 0.05) is 31.7 Å². The standard InChI is InChI=1S/C24H32N2O3/c1-18-22-16-24(28-3)23(27-2)15-19(22)10-13-26(18)20-7-4-11-25(17-20)12-5-8-21-9-6-14-29-21/h5-6,8-9,14-16,18,20H,4,7,10-13,17H2,1-3H3/b8-5+. The number of nitrogens with zero attached hydrogens (tertiary/aromatic N) is 2. The summed E-state index contributed by atoms with van der Waals surface area (Å²) in [5.74, 6) is 2.58. The van der Waals surface area contributed by atoms with Crippen LogP contribution in [0.3, 0.4) is 0 Å². The third-order valence-corrected chi connectivity index (χ3v) is 6.37. The van der Waals surface area contributed by atoms with Gasteiger partial charge in [0.2, 0.25) is 0 Å². The first kappa shape index (κ1) is 20.0. The molecule has 2 atom stereocenters. The quantitative estimate of drug-likeness (QED) is 0.724. The van der Waals surface area contributed by atoms with E-state index in [1.165, 1.54) is 30.5 Å². The molecule has 4 rings (SSSR count). The van der Waals surface area contributed by atoms with Crippen molar-refractivity contribution in [1.29, 1.82) is 0 Å². The molecule has 0 spiro atoms. The van der Waals surface area contributed by atoms with Crippen LogP contribution in [0, 0.1) is 0 Å². The fraction of sp³-hybridized carbons (Fsp3) is 0.500. The molecule has 3 heterocycles. The average Bonchev–Trinajstić information content (AvgIpc) is 3.27. The largest absolute Gasteiger partial charge is 0.493 e. The smallest absolute Gasteiger partial charge is 0.161 e. The SMILES string of the molecule is COc1cc2c(cc1OC)C(C)N(C1CCCN(C/C=C/c3ccco3)C1)CC2. The Kier molecular flexibility index (Phi) is 6.26. The van der Waals surface area contributed by atoms with Gasteiger partial charge in [-0.1, -0.05) is 6.08 Å².